The second-order valence-corrected chi connectivity index (χ2v) is 4.01. The molecule has 0 fully saturated rings. The van der Waals surface area contributed by atoms with Crippen LogP contribution in [0.1, 0.15) is 31.7 Å². The topological polar surface area (TPSA) is 32.3 Å². The minimum Gasteiger partial charge on any atom is -0.395 e. The summed E-state index contributed by atoms with van der Waals surface area (Å²) in [5.41, 5.74) is 1.35. The third-order valence-corrected chi connectivity index (χ3v) is 2.79. The molecule has 0 aromatic heterocycles. The maximum absolute atomic E-state index is 9.05. The van der Waals surface area contributed by atoms with E-state index in [1.807, 2.05) is 6.07 Å². The second kappa shape index (κ2) is 8.57. The molecule has 0 amide bonds. The lowest BCUT2D eigenvalue weighted by atomic mass is 10.0. The molecule has 2 unspecified atom stereocenters. The lowest BCUT2D eigenvalue weighted by Gasteiger charge is -2.18. The normalized spacial score (nSPS) is 13.9. The van der Waals surface area contributed by atoms with E-state index in [1.165, 1.54) is 5.56 Å². The Labute approximate surface area is 104 Å². The second-order valence-electron chi connectivity index (χ2n) is 4.01. The van der Waals surface area contributed by atoms with E-state index < -0.39 is 0 Å². The van der Waals surface area contributed by atoms with Crippen LogP contribution in [-0.2, 0) is 0 Å². The SMILES string of the molecule is CCC(CO)NCC(C)c1ccccc1.Cl. The van der Waals surface area contributed by atoms with Crippen LogP contribution in [-0.4, -0.2) is 24.3 Å². The standard InChI is InChI=1S/C13H21NO.ClH/c1-3-13(10-15)14-9-11(2)12-7-5-4-6-8-12;/h4-8,11,13-15H,3,9-10H2,1-2H3;1H. The van der Waals surface area contributed by atoms with Crippen molar-refractivity contribution in [2.75, 3.05) is 13.2 Å². The molecule has 0 aliphatic carbocycles. The highest BCUT2D eigenvalue weighted by molar-refractivity contribution is 5.85. The van der Waals surface area contributed by atoms with Crippen molar-refractivity contribution < 1.29 is 5.11 Å². The van der Waals surface area contributed by atoms with Gasteiger partial charge in [0.1, 0.15) is 0 Å². The molecule has 0 saturated heterocycles. The van der Waals surface area contributed by atoms with Gasteiger partial charge in [0.2, 0.25) is 0 Å². The van der Waals surface area contributed by atoms with Crippen LogP contribution in [0.15, 0.2) is 30.3 Å². The fourth-order valence-corrected chi connectivity index (χ4v) is 1.58. The largest absolute Gasteiger partial charge is 0.395 e. The lowest BCUT2D eigenvalue weighted by Crippen LogP contribution is -2.34. The summed E-state index contributed by atoms with van der Waals surface area (Å²) in [4.78, 5) is 0. The van der Waals surface area contributed by atoms with Gasteiger partial charge < -0.3 is 10.4 Å². The van der Waals surface area contributed by atoms with E-state index in [4.69, 9.17) is 5.11 Å². The van der Waals surface area contributed by atoms with Gasteiger partial charge in [0, 0.05) is 12.6 Å². The van der Waals surface area contributed by atoms with Crippen molar-refractivity contribution in [1.29, 1.82) is 0 Å². The van der Waals surface area contributed by atoms with E-state index >= 15 is 0 Å². The average Bonchev–Trinajstić information content (AvgIpc) is 2.31. The van der Waals surface area contributed by atoms with Crippen molar-refractivity contribution in [3.63, 3.8) is 0 Å². The Hall–Kier alpha value is -0.570. The number of nitrogens with one attached hydrogen (secondary N) is 1. The lowest BCUT2D eigenvalue weighted by molar-refractivity contribution is 0.238. The number of halogens is 1. The maximum Gasteiger partial charge on any atom is 0.0584 e. The van der Waals surface area contributed by atoms with Gasteiger partial charge in [0.25, 0.3) is 0 Å². The molecular formula is C13H22ClNO. The summed E-state index contributed by atoms with van der Waals surface area (Å²) in [6.45, 7) is 5.43. The monoisotopic (exact) mass is 243 g/mol. The number of hydrogen-bond acceptors (Lipinski definition) is 2. The fraction of sp³-hybridized carbons (Fsp3) is 0.538. The summed E-state index contributed by atoms with van der Waals surface area (Å²) in [5, 5.41) is 12.4. The molecule has 1 aromatic rings. The molecule has 16 heavy (non-hydrogen) atoms. The van der Waals surface area contributed by atoms with Crippen molar-refractivity contribution in [1.82, 2.24) is 5.32 Å². The van der Waals surface area contributed by atoms with Crippen LogP contribution in [0.5, 0.6) is 0 Å². The van der Waals surface area contributed by atoms with Gasteiger partial charge in [-0.25, -0.2) is 0 Å². The number of hydrogen-bond donors (Lipinski definition) is 2. The summed E-state index contributed by atoms with van der Waals surface area (Å²) >= 11 is 0. The first kappa shape index (κ1) is 15.4. The molecule has 0 heterocycles. The van der Waals surface area contributed by atoms with Gasteiger partial charge >= 0.3 is 0 Å². The van der Waals surface area contributed by atoms with E-state index in [0.29, 0.717) is 5.92 Å². The summed E-state index contributed by atoms with van der Waals surface area (Å²) in [6, 6.07) is 10.7. The van der Waals surface area contributed by atoms with Crippen LogP contribution < -0.4 is 5.32 Å². The number of benzene rings is 1. The van der Waals surface area contributed by atoms with Gasteiger partial charge in [-0.2, -0.15) is 0 Å². The summed E-state index contributed by atoms with van der Waals surface area (Å²) < 4.78 is 0. The maximum atomic E-state index is 9.05. The van der Waals surface area contributed by atoms with Gasteiger partial charge in [0.05, 0.1) is 6.61 Å². The van der Waals surface area contributed by atoms with Crippen molar-refractivity contribution >= 4 is 12.4 Å². The summed E-state index contributed by atoms with van der Waals surface area (Å²) in [6.07, 6.45) is 0.970. The molecule has 2 nitrogen and oxygen atoms in total. The minimum absolute atomic E-state index is 0. The van der Waals surface area contributed by atoms with Crippen LogP contribution in [0.4, 0.5) is 0 Å². The van der Waals surface area contributed by atoms with Crippen LogP contribution >= 0.6 is 12.4 Å². The molecule has 0 radical (unpaired) electrons. The highest BCUT2D eigenvalue weighted by Crippen LogP contribution is 2.13. The molecule has 2 N–H and O–H groups in total. The Morgan fingerprint density at radius 3 is 2.38 bits per heavy atom. The number of rotatable bonds is 6. The van der Waals surface area contributed by atoms with Gasteiger partial charge in [-0.3, -0.25) is 0 Å². The molecule has 1 aromatic carbocycles. The van der Waals surface area contributed by atoms with Gasteiger partial charge in [-0.05, 0) is 17.9 Å². The van der Waals surface area contributed by atoms with E-state index in [1.54, 1.807) is 0 Å². The molecule has 0 aliphatic heterocycles. The fourth-order valence-electron chi connectivity index (χ4n) is 1.58. The molecule has 1 rings (SSSR count). The Bertz CT molecular complexity index is 262. The predicted molar refractivity (Wildman–Crippen MR) is 71.3 cm³/mol. The van der Waals surface area contributed by atoms with Crippen molar-refractivity contribution in [2.24, 2.45) is 0 Å². The highest BCUT2D eigenvalue weighted by Gasteiger charge is 2.08. The molecule has 2 atom stereocenters. The average molecular weight is 244 g/mol. The highest BCUT2D eigenvalue weighted by atomic mass is 35.5. The molecule has 0 saturated carbocycles. The van der Waals surface area contributed by atoms with E-state index in [-0.39, 0.29) is 25.1 Å². The van der Waals surface area contributed by atoms with Crippen molar-refractivity contribution in [3.8, 4) is 0 Å². The Morgan fingerprint density at radius 2 is 1.88 bits per heavy atom. The molecule has 0 aliphatic rings. The zero-order chi connectivity index (χ0) is 11.1. The van der Waals surface area contributed by atoms with Gasteiger partial charge in [-0.1, -0.05) is 44.2 Å². The first-order chi connectivity index (χ1) is 7.27. The predicted octanol–water partition coefficient (Wildman–Crippen LogP) is 2.57. The summed E-state index contributed by atoms with van der Waals surface area (Å²) in [7, 11) is 0. The first-order valence-electron chi connectivity index (χ1n) is 5.67. The number of aliphatic hydroxyl groups is 1. The molecule has 3 heteroatoms. The van der Waals surface area contributed by atoms with E-state index in [2.05, 4.69) is 43.4 Å². The Kier molecular flexibility index (Phi) is 8.26. The summed E-state index contributed by atoms with van der Waals surface area (Å²) in [5.74, 6) is 0.492. The van der Waals surface area contributed by atoms with Gasteiger partial charge in [0.15, 0.2) is 0 Å². The zero-order valence-electron chi connectivity index (χ0n) is 10.0. The van der Waals surface area contributed by atoms with Crippen molar-refractivity contribution in [2.45, 2.75) is 32.2 Å². The first-order valence-corrected chi connectivity index (χ1v) is 5.67. The Morgan fingerprint density at radius 1 is 1.25 bits per heavy atom. The van der Waals surface area contributed by atoms with E-state index in [9.17, 15) is 0 Å². The molecule has 0 spiro atoms. The molecular weight excluding hydrogens is 222 g/mol. The third-order valence-electron chi connectivity index (χ3n) is 2.79. The van der Waals surface area contributed by atoms with Crippen molar-refractivity contribution in [3.05, 3.63) is 35.9 Å². The van der Waals surface area contributed by atoms with Crippen LogP contribution in [0.25, 0.3) is 0 Å². The number of aliphatic hydroxyl groups excluding tert-OH is 1. The minimum atomic E-state index is 0. The van der Waals surface area contributed by atoms with Crippen LogP contribution in [0.3, 0.4) is 0 Å². The van der Waals surface area contributed by atoms with Gasteiger partial charge in [-0.15, -0.1) is 12.4 Å². The molecule has 0 bridgehead atoms. The Balaban J connectivity index is 0.00000225. The quantitative estimate of drug-likeness (QED) is 0.805. The van der Waals surface area contributed by atoms with Crippen LogP contribution in [0.2, 0.25) is 0 Å². The molecule has 92 valence electrons. The van der Waals surface area contributed by atoms with Crippen LogP contribution in [0, 0.1) is 0 Å². The zero-order valence-corrected chi connectivity index (χ0v) is 10.8. The van der Waals surface area contributed by atoms with E-state index in [0.717, 1.165) is 13.0 Å². The third kappa shape index (κ3) is 4.97. The smallest absolute Gasteiger partial charge is 0.0584 e.